The van der Waals surface area contributed by atoms with Crippen LogP contribution in [0.15, 0.2) is 12.3 Å². The van der Waals surface area contributed by atoms with E-state index in [0.717, 1.165) is 0 Å². The molecule has 0 aliphatic rings. The highest BCUT2D eigenvalue weighted by Crippen LogP contribution is 2.01. The van der Waals surface area contributed by atoms with Crippen LogP contribution in [0.4, 0.5) is 5.82 Å². The smallest absolute Gasteiger partial charge is 0.374 e. The van der Waals surface area contributed by atoms with Crippen molar-refractivity contribution in [2.45, 2.75) is 6.92 Å². The van der Waals surface area contributed by atoms with Crippen molar-refractivity contribution in [1.29, 1.82) is 0 Å². The van der Waals surface area contributed by atoms with Crippen molar-refractivity contribution in [2.75, 3.05) is 5.32 Å². The Morgan fingerprint density at radius 2 is 2.23 bits per heavy atom. The van der Waals surface area contributed by atoms with Crippen LogP contribution in [0.2, 0.25) is 0 Å². The lowest BCUT2D eigenvalue weighted by molar-refractivity contribution is -0.114. The fourth-order valence-electron chi connectivity index (χ4n) is 0.712. The molecule has 13 heavy (non-hydrogen) atoms. The van der Waals surface area contributed by atoms with Gasteiger partial charge in [0, 0.05) is 13.1 Å². The van der Waals surface area contributed by atoms with Gasteiger partial charge < -0.3 is 10.4 Å². The normalized spacial score (nSPS) is 9.31. The minimum atomic E-state index is -1.23. The molecule has 0 unspecified atom stereocenters. The molecule has 68 valence electrons. The molecule has 0 bridgehead atoms. The lowest BCUT2D eigenvalue weighted by Crippen LogP contribution is -2.11. The van der Waals surface area contributed by atoms with Crippen LogP contribution in [0.1, 0.15) is 17.5 Å². The highest BCUT2D eigenvalue weighted by Gasteiger charge is 2.06. The lowest BCUT2D eigenvalue weighted by Gasteiger charge is -1.99. The van der Waals surface area contributed by atoms with E-state index in [2.05, 4.69) is 15.3 Å². The number of amides is 1. The summed E-state index contributed by atoms with van der Waals surface area (Å²) in [6, 6.07) is 1.41. The number of nitrogens with one attached hydrogen (secondary N) is 1. The van der Waals surface area contributed by atoms with E-state index < -0.39 is 5.97 Å². The number of carbonyl (C=O) groups is 2. The van der Waals surface area contributed by atoms with Gasteiger partial charge in [0.15, 0.2) is 0 Å². The molecule has 0 aliphatic heterocycles. The molecule has 1 heterocycles. The van der Waals surface area contributed by atoms with Crippen LogP contribution in [0.5, 0.6) is 0 Å². The monoisotopic (exact) mass is 181 g/mol. The number of carboxylic acid groups (broad SMARTS) is 1. The SMILES string of the molecule is CC(=O)Nc1ccnc(C(=O)O)n1. The van der Waals surface area contributed by atoms with Crippen LogP contribution in [0.3, 0.4) is 0 Å². The minimum absolute atomic E-state index is 0.180. The molecule has 0 spiro atoms. The number of nitrogens with zero attached hydrogens (tertiary/aromatic N) is 2. The Hall–Kier alpha value is -1.98. The zero-order chi connectivity index (χ0) is 9.84. The van der Waals surface area contributed by atoms with Gasteiger partial charge in [0.2, 0.25) is 11.7 Å². The third-order valence-electron chi connectivity index (χ3n) is 1.15. The van der Waals surface area contributed by atoms with E-state index in [-0.39, 0.29) is 17.5 Å². The highest BCUT2D eigenvalue weighted by molar-refractivity contribution is 5.88. The maximum atomic E-state index is 10.6. The predicted octanol–water partition coefficient (Wildman–Crippen LogP) is 0.133. The topological polar surface area (TPSA) is 92.2 Å². The average Bonchev–Trinajstić information content (AvgIpc) is 2.03. The van der Waals surface area contributed by atoms with Crippen molar-refractivity contribution >= 4 is 17.7 Å². The Morgan fingerprint density at radius 3 is 2.77 bits per heavy atom. The van der Waals surface area contributed by atoms with E-state index in [1.807, 2.05) is 0 Å². The van der Waals surface area contributed by atoms with E-state index in [1.165, 1.54) is 19.2 Å². The summed E-state index contributed by atoms with van der Waals surface area (Å²) < 4.78 is 0. The number of rotatable bonds is 2. The Balaban J connectivity index is 2.91. The van der Waals surface area contributed by atoms with Crippen LogP contribution < -0.4 is 5.32 Å². The molecule has 0 saturated heterocycles. The largest absolute Gasteiger partial charge is 0.475 e. The molecule has 0 saturated carbocycles. The van der Waals surface area contributed by atoms with Gasteiger partial charge in [0.1, 0.15) is 5.82 Å². The number of anilines is 1. The Labute approximate surface area is 73.6 Å². The summed E-state index contributed by atoms with van der Waals surface area (Å²) in [4.78, 5) is 28.0. The second-order valence-corrected chi connectivity index (χ2v) is 2.25. The molecule has 1 aromatic heterocycles. The van der Waals surface area contributed by atoms with Gasteiger partial charge in [-0.15, -0.1) is 0 Å². The van der Waals surface area contributed by atoms with Crippen LogP contribution in [-0.4, -0.2) is 27.0 Å². The average molecular weight is 181 g/mol. The molecule has 1 amide bonds. The number of carbonyl (C=O) groups excluding carboxylic acids is 1. The van der Waals surface area contributed by atoms with Gasteiger partial charge in [-0.1, -0.05) is 0 Å². The first kappa shape index (κ1) is 9.11. The molecule has 6 heteroatoms. The van der Waals surface area contributed by atoms with Gasteiger partial charge in [-0.05, 0) is 6.07 Å². The Bertz CT molecular complexity index is 351. The van der Waals surface area contributed by atoms with Gasteiger partial charge in [0.25, 0.3) is 0 Å². The summed E-state index contributed by atoms with van der Waals surface area (Å²) in [6.07, 6.45) is 1.27. The summed E-state index contributed by atoms with van der Waals surface area (Å²) in [7, 11) is 0. The molecular formula is C7H7N3O3. The predicted molar refractivity (Wildman–Crippen MR) is 43.3 cm³/mol. The summed E-state index contributed by atoms with van der Waals surface area (Å²) >= 11 is 0. The molecule has 2 N–H and O–H groups in total. The van der Waals surface area contributed by atoms with Crippen molar-refractivity contribution in [2.24, 2.45) is 0 Å². The molecule has 0 aromatic carbocycles. The summed E-state index contributed by atoms with van der Waals surface area (Å²) in [5.74, 6) is -1.70. The zero-order valence-corrected chi connectivity index (χ0v) is 6.81. The van der Waals surface area contributed by atoms with E-state index in [1.54, 1.807) is 0 Å². The highest BCUT2D eigenvalue weighted by atomic mass is 16.4. The number of hydrogen-bond donors (Lipinski definition) is 2. The molecule has 0 radical (unpaired) electrons. The van der Waals surface area contributed by atoms with Gasteiger partial charge in [-0.25, -0.2) is 14.8 Å². The third kappa shape index (κ3) is 2.51. The number of hydrogen-bond acceptors (Lipinski definition) is 4. The Morgan fingerprint density at radius 1 is 1.54 bits per heavy atom. The zero-order valence-electron chi connectivity index (χ0n) is 6.81. The fourth-order valence-corrected chi connectivity index (χ4v) is 0.712. The quantitative estimate of drug-likeness (QED) is 0.676. The van der Waals surface area contributed by atoms with E-state index >= 15 is 0 Å². The molecule has 0 fully saturated rings. The Kier molecular flexibility index (Phi) is 2.53. The summed E-state index contributed by atoms with van der Waals surface area (Å²) in [5.41, 5.74) is 0. The van der Waals surface area contributed by atoms with E-state index in [4.69, 9.17) is 5.11 Å². The van der Waals surface area contributed by atoms with Crippen molar-refractivity contribution in [1.82, 2.24) is 9.97 Å². The standard InChI is InChI=1S/C7H7N3O3/c1-4(11)9-5-2-3-8-6(10-5)7(12)13/h2-3H,1H3,(H,12,13)(H,8,9,10,11). The summed E-state index contributed by atoms with van der Waals surface area (Å²) in [6.45, 7) is 1.31. The minimum Gasteiger partial charge on any atom is -0.475 e. The van der Waals surface area contributed by atoms with Gasteiger partial charge in [-0.2, -0.15) is 0 Å². The molecule has 0 atom stereocenters. The maximum Gasteiger partial charge on any atom is 0.374 e. The van der Waals surface area contributed by atoms with Gasteiger partial charge in [-0.3, -0.25) is 4.79 Å². The van der Waals surface area contributed by atoms with Crippen molar-refractivity contribution in [3.05, 3.63) is 18.1 Å². The van der Waals surface area contributed by atoms with Crippen LogP contribution in [0, 0.1) is 0 Å². The first-order valence-electron chi connectivity index (χ1n) is 3.43. The summed E-state index contributed by atoms with van der Waals surface area (Å²) in [5, 5.41) is 10.9. The van der Waals surface area contributed by atoms with Crippen molar-refractivity contribution in [3.63, 3.8) is 0 Å². The van der Waals surface area contributed by atoms with E-state index in [0.29, 0.717) is 0 Å². The molecule has 0 aliphatic carbocycles. The fraction of sp³-hybridized carbons (Fsp3) is 0.143. The maximum absolute atomic E-state index is 10.6. The second kappa shape index (κ2) is 3.61. The first-order chi connectivity index (χ1) is 6.09. The molecule has 6 nitrogen and oxygen atoms in total. The molecule has 1 aromatic rings. The van der Waals surface area contributed by atoms with Crippen molar-refractivity contribution in [3.8, 4) is 0 Å². The third-order valence-corrected chi connectivity index (χ3v) is 1.15. The van der Waals surface area contributed by atoms with E-state index in [9.17, 15) is 9.59 Å². The van der Waals surface area contributed by atoms with Gasteiger partial charge in [0.05, 0.1) is 0 Å². The molecule has 1 rings (SSSR count). The van der Waals surface area contributed by atoms with Crippen molar-refractivity contribution < 1.29 is 14.7 Å². The molecular weight excluding hydrogens is 174 g/mol. The van der Waals surface area contributed by atoms with Gasteiger partial charge >= 0.3 is 5.97 Å². The lowest BCUT2D eigenvalue weighted by atomic mass is 10.5. The number of aromatic nitrogens is 2. The number of carboxylic acids is 1. The van der Waals surface area contributed by atoms with Crippen LogP contribution in [-0.2, 0) is 4.79 Å². The second-order valence-electron chi connectivity index (χ2n) is 2.25. The number of aromatic carboxylic acids is 1. The van der Waals surface area contributed by atoms with Crippen LogP contribution in [0.25, 0.3) is 0 Å². The van der Waals surface area contributed by atoms with Crippen LogP contribution >= 0.6 is 0 Å². The first-order valence-corrected chi connectivity index (χ1v) is 3.43.